The Morgan fingerprint density at radius 1 is 1.39 bits per heavy atom. The zero-order valence-electron chi connectivity index (χ0n) is 13.3. The van der Waals surface area contributed by atoms with E-state index in [2.05, 4.69) is 4.98 Å². The van der Waals surface area contributed by atoms with Gasteiger partial charge >= 0.3 is 0 Å². The lowest BCUT2D eigenvalue weighted by Gasteiger charge is -2.29. The van der Waals surface area contributed by atoms with Crippen LogP contribution in [0.4, 0.5) is 0 Å². The highest BCUT2D eigenvalue weighted by molar-refractivity contribution is 7.15. The molecule has 2 aromatic rings. The highest BCUT2D eigenvalue weighted by Gasteiger charge is 2.55. The Morgan fingerprint density at radius 3 is 2.83 bits per heavy atom. The fraction of sp³-hybridized carbons (Fsp3) is 0.444. The molecule has 0 spiro atoms. The topological polar surface area (TPSA) is 53.4 Å². The molecule has 2 aliphatic rings. The van der Waals surface area contributed by atoms with E-state index < -0.39 is 6.10 Å². The first-order valence-corrected chi connectivity index (χ1v) is 8.90. The van der Waals surface area contributed by atoms with Gasteiger partial charge in [0, 0.05) is 6.54 Å². The summed E-state index contributed by atoms with van der Waals surface area (Å²) in [6.07, 6.45) is 0.650. The molecule has 1 aromatic carbocycles. The Labute approximate surface area is 139 Å². The summed E-state index contributed by atoms with van der Waals surface area (Å²) in [5.74, 6) is 1.00. The van der Waals surface area contributed by atoms with Crippen LogP contribution in [0.25, 0.3) is 10.4 Å². The maximum atomic E-state index is 13.1. The maximum Gasteiger partial charge on any atom is 0.274 e. The summed E-state index contributed by atoms with van der Waals surface area (Å²) in [4.78, 5) is 20.4. The summed E-state index contributed by atoms with van der Waals surface area (Å²) in [7, 11) is 0. The van der Waals surface area contributed by atoms with Gasteiger partial charge in [0.25, 0.3) is 5.91 Å². The molecule has 2 fully saturated rings. The number of piperidine rings is 1. The molecule has 1 saturated carbocycles. The highest BCUT2D eigenvalue weighted by Crippen LogP contribution is 2.51. The van der Waals surface area contributed by atoms with E-state index in [1.807, 2.05) is 42.2 Å². The standard InChI is InChI=1S/C18H20N2O2S/c1-10(21)16-14-8-13(14)9-20(16)18(22)15-17(23-11(2)19-15)12-6-4-3-5-7-12/h3-7,10,13-14,16,21H,8-9H2,1-2H3/t10-,13+,14+,16+/m0/s1. The number of aliphatic hydroxyl groups is 1. The summed E-state index contributed by atoms with van der Waals surface area (Å²) in [5, 5.41) is 11.0. The molecule has 1 saturated heterocycles. The van der Waals surface area contributed by atoms with Crippen molar-refractivity contribution in [3.8, 4) is 10.4 Å². The van der Waals surface area contributed by atoms with Crippen LogP contribution in [0.1, 0.15) is 28.8 Å². The predicted molar refractivity (Wildman–Crippen MR) is 90.4 cm³/mol. The number of rotatable bonds is 3. The van der Waals surface area contributed by atoms with Crippen LogP contribution in [-0.4, -0.2) is 39.6 Å². The SMILES string of the molecule is Cc1nc(C(=O)N2C[C@H]3C[C@H]3[C@H]2[C@H](C)O)c(-c2ccccc2)s1. The third-order valence-electron chi connectivity index (χ3n) is 4.93. The predicted octanol–water partition coefficient (Wildman–Crippen LogP) is 2.96. The van der Waals surface area contributed by atoms with Gasteiger partial charge in [-0.1, -0.05) is 30.3 Å². The lowest BCUT2D eigenvalue weighted by Crippen LogP contribution is -2.44. The molecule has 23 heavy (non-hydrogen) atoms. The Morgan fingerprint density at radius 2 is 2.13 bits per heavy atom. The molecule has 0 unspecified atom stereocenters. The Kier molecular flexibility index (Phi) is 3.50. The van der Waals surface area contributed by atoms with Gasteiger partial charge in [-0.25, -0.2) is 4.98 Å². The van der Waals surface area contributed by atoms with Gasteiger partial charge in [-0.2, -0.15) is 0 Å². The van der Waals surface area contributed by atoms with Crippen LogP contribution in [0.15, 0.2) is 30.3 Å². The van der Waals surface area contributed by atoms with Gasteiger partial charge in [0.05, 0.1) is 22.0 Å². The number of carbonyl (C=O) groups is 1. The number of aliphatic hydroxyl groups excluding tert-OH is 1. The van der Waals surface area contributed by atoms with Crippen LogP contribution in [0.5, 0.6) is 0 Å². The number of fused-ring (bicyclic) bond motifs is 1. The third-order valence-corrected chi connectivity index (χ3v) is 5.95. The molecule has 1 amide bonds. The fourth-order valence-corrected chi connectivity index (χ4v) is 4.75. The molecular weight excluding hydrogens is 308 g/mol. The monoisotopic (exact) mass is 328 g/mol. The molecular formula is C18H20N2O2S. The molecule has 4 nitrogen and oxygen atoms in total. The zero-order chi connectivity index (χ0) is 16.1. The minimum absolute atomic E-state index is 0.0358. The average Bonchev–Trinajstić information content (AvgIpc) is 3.02. The van der Waals surface area contributed by atoms with E-state index in [1.54, 1.807) is 18.3 Å². The molecule has 1 aliphatic carbocycles. The number of carbonyl (C=O) groups excluding carboxylic acids is 1. The Balaban J connectivity index is 1.70. The van der Waals surface area contributed by atoms with Crippen LogP contribution in [0, 0.1) is 18.8 Å². The van der Waals surface area contributed by atoms with Gasteiger partial charge in [0.15, 0.2) is 0 Å². The summed E-state index contributed by atoms with van der Waals surface area (Å²) < 4.78 is 0. The second-order valence-corrected chi connectivity index (χ2v) is 7.83. The first kappa shape index (κ1) is 14.8. The van der Waals surface area contributed by atoms with Gasteiger partial charge in [-0.3, -0.25) is 4.79 Å². The molecule has 0 radical (unpaired) electrons. The molecule has 4 atom stereocenters. The van der Waals surface area contributed by atoms with Crippen molar-refractivity contribution in [2.45, 2.75) is 32.4 Å². The third kappa shape index (κ3) is 2.48. The quantitative estimate of drug-likeness (QED) is 0.942. The summed E-state index contributed by atoms with van der Waals surface area (Å²) in [6.45, 7) is 4.47. The van der Waals surface area contributed by atoms with E-state index in [-0.39, 0.29) is 11.9 Å². The minimum atomic E-state index is -0.489. The van der Waals surface area contributed by atoms with Crippen LogP contribution in [0.2, 0.25) is 0 Å². The van der Waals surface area contributed by atoms with Crippen molar-refractivity contribution in [1.82, 2.24) is 9.88 Å². The summed E-state index contributed by atoms with van der Waals surface area (Å²) in [5.41, 5.74) is 1.56. The first-order chi connectivity index (χ1) is 11.1. The molecule has 0 bridgehead atoms. The van der Waals surface area contributed by atoms with Crippen molar-refractivity contribution >= 4 is 17.2 Å². The number of hydrogen-bond acceptors (Lipinski definition) is 4. The fourth-order valence-electron chi connectivity index (χ4n) is 3.83. The number of aromatic nitrogens is 1. The van der Waals surface area contributed by atoms with Crippen LogP contribution in [-0.2, 0) is 0 Å². The van der Waals surface area contributed by atoms with Crippen LogP contribution >= 0.6 is 11.3 Å². The normalized spacial score (nSPS) is 26.9. The zero-order valence-corrected chi connectivity index (χ0v) is 14.1. The van der Waals surface area contributed by atoms with E-state index >= 15 is 0 Å². The van der Waals surface area contributed by atoms with Crippen molar-refractivity contribution in [2.75, 3.05) is 6.54 Å². The number of thiazole rings is 1. The summed E-state index contributed by atoms with van der Waals surface area (Å²) in [6, 6.07) is 9.88. The van der Waals surface area contributed by atoms with Crippen molar-refractivity contribution in [2.24, 2.45) is 11.8 Å². The number of aryl methyl sites for hydroxylation is 1. The lowest BCUT2D eigenvalue weighted by atomic mass is 10.1. The number of benzene rings is 1. The Hall–Kier alpha value is -1.72. The lowest BCUT2D eigenvalue weighted by molar-refractivity contribution is 0.0459. The molecule has 5 heteroatoms. The second-order valence-electron chi connectivity index (χ2n) is 6.62. The van der Waals surface area contributed by atoms with Crippen molar-refractivity contribution in [3.05, 3.63) is 41.0 Å². The Bertz CT molecular complexity index is 741. The average molecular weight is 328 g/mol. The highest BCUT2D eigenvalue weighted by atomic mass is 32.1. The van der Waals surface area contributed by atoms with E-state index in [1.165, 1.54) is 0 Å². The number of amides is 1. The largest absolute Gasteiger partial charge is 0.391 e. The minimum Gasteiger partial charge on any atom is -0.391 e. The van der Waals surface area contributed by atoms with Gasteiger partial charge in [-0.05, 0) is 37.7 Å². The van der Waals surface area contributed by atoms with Gasteiger partial charge < -0.3 is 10.0 Å². The van der Waals surface area contributed by atoms with E-state index in [9.17, 15) is 9.90 Å². The number of nitrogens with zero attached hydrogens (tertiary/aromatic N) is 2. The second kappa shape index (κ2) is 5.42. The molecule has 1 aromatic heterocycles. The van der Waals surface area contributed by atoms with E-state index in [0.29, 0.717) is 17.5 Å². The molecule has 4 rings (SSSR count). The van der Waals surface area contributed by atoms with Gasteiger partial charge in [0.1, 0.15) is 5.69 Å². The summed E-state index contributed by atoms with van der Waals surface area (Å²) >= 11 is 1.56. The number of likely N-dealkylation sites (tertiary alicyclic amines) is 1. The molecule has 120 valence electrons. The van der Waals surface area contributed by atoms with Crippen molar-refractivity contribution in [1.29, 1.82) is 0 Å². The van der Waals surface area contributed by atoms with E-state index in [4.69, 9.17) is 0 Å². The van der Waals surface area contributed by atoms with Crippen LogP contribution < -0.4 is 0 Å². The van der Waals surface area contributed by atoms with Crippen molar-refractivity contribution in [3.63, 3.8) is 0 Å². The van der Waals surface area contributed by atoms with Gasteiger partial charge in [0.2, 0.25) is 0 Å². The van der Waals surface area contributed by atoms with Crippen molar-refractivity contribution < 1.29 is 9.90 Å². The van der Waals surface area contributed by atoms with Crippen LogP contribution in [0.3, 0.4) is 0 Å². The van der Waals surface area contributed by atoms with Gasteiger partial charge in [-0.15, -0.1) is 11.3 Å². The number of hydrogen-bond donors (Lipinski definition) is 1. The maximum absolute atomic E-state index is 13.1. The molecule has 1 N–H and O–H groups in total. The first-order valence-electron chi connectivity index (χ1n) is 8.08. The molecule has 2 heterocycles. The molecule has 1 aliphatic heterocycles. The van der Waals surface area contributed by atoms with E-state index in [0.717, 1.165) is 28.4 Å². The smallest absolute Gasteiger partial charge is 0.274 e.